The van der Waals surface area contributed by atoms with E-state index in [2.05, 4.69) is 9.97 Å². The Hall–Kier alpha value is -2.01. The van der Waals surface area contributed by atoms with Gasteiger partial charge in [0.15, 0.2) is 0 Å². The number of imidazole rings is 1. The van der Waals surface area contributed by atoms with E-state index < -0.39 is 0 Å². The maximum Gasteiger partial charge on any atom is 0.232 e. The normalized spacial score (nSPS) is 10.5. The van der Waals surface area contributed by atoms with E-state index in [-0.39, 0.29) is 5.91 Å². The van der Waals surface area contributed by atoms with Crippen LogP contribution in [0.15, 0.2) is 37.1 Å². The lowest BCUT2D eigenvalue weighted by atomic mass is 10.1. The van der Waals surface area contributed by atoms with Crippen LogP contribution in [0.5, 0.6) is 0 Å². The Balaban J connectivity index is 1.97. The molecule has 0 saturated heterocycles. The van der Waals surface area contributed by atoms with Gasteiger partial charge in [-0.15, -0.1) is 0 Å². The fourth-order valence-corrected chi connectivity index (χ4v) is 1.80. The van der Waals surface area contributed by atoms with E-state index in [1.54, 1.807) is 29.5 Å². The molecule has 5 nitrogen and oxygen atoms in total. The van der Waals surface area contributed by atoms with Gasteiger partial charge in [0.25, 0.3) is 0 Å². The van der Waals surface area contributed by atoms with Crippen LogP contribution in [0.4, 0.5) is 0 Å². The van der Waals surface area contributed by atoms with E-state index in [1.165, 1.54) is 0 Å². The third kappa shape index (κ3) is 3.01. The quantitative estimate of drug-likeness (QED) is 0.853. The molecule has 2 aromatic rings. The first-order valence-electron chi connectivity index (χ1n) is 5.94. The zero-order valence-electron chi connectivity index (χ0n) is 10.1. The molecule has 0 saturated carbocycles. The summed E-state index contributed by atoms with van der Waals surface area (Å²) in [7, 11) is 0. The number of nitrogens with two attached hydrogens (primary N) is 1. The van der Waals surface area contributed by atoms with E-state index in [9.17, 15) is 4.79 Å². The van der Waals surface area contributed by atoms with Crippen LogP contribution in [-0.4, -0.2) is 27.0 Å². The fraction of sp³-hybridized carbons (Fsp3) is 0.308. The molecule has 0 spiro atoms. The lowest BCUT2D eigenvalue weighted by Gasteiger charge is -2.05. The van der Waals surface area contributed by atoms with Crippen LogP contribution >= 0.6 is 0 Å². The summed E-state index contributed by atoms with van der Waals surface area (Å²) in [5.41, 5.74) is 7.48. The third-order valence-electron chi connectivity index (χ3n) is 2.76. The number of hydrogen-bond donors (Lipinski definition) is 1. The molecule has 0 atom stereocenters. The molecule has 5 heteroatoms. The smallest absolute Gasteiger partial charge is 0.232 e. The minimum atomic E-state index is 0.0489. The maximum absolute atomic E-state index is 12.0. The summed E-state index contributed by atoms with van der Waals surface area (Å²) in [4.78, 5) is 20.0. The molecule has 94 valence electrons. The summed E-state index contributed by atoms with van der Waals surface area (Å²) in [6.45, 7) is 0.517. The Morgan fingerprint density at radius 2 is 2.00 bits per heavy atom. The predicted octanol–water partition coefficient (Wildman–Crippen LogP) is 1.05. The molecular weight excluding hydrogens is 228 g/mol. The first kappa shape index (κ1) is 12.4. The van der Waals surface area contributed by atoms with Gasteiger partial charge < -0.3 is 5.73 Å². The number of aromatic nitrogens is 3. The van der Waals surface area contributed by atoms with Crippen LogP contribution in [0.1, 0.15) is 22.5 Å². The van der Waals surface area contributed by atoms with E-state index in [1.807, 2.05) is 12.1 Å². The minimum Gasteiger partial charge on any atom is -0.330 e. The van der Waals surface area contributed by atoms with Crippen molar-refractivity contribution in [2.75, 3.05) is 6.54 Å². The highest BCUT2D eigenvalue weighted by molar-refractivity contribution is 5.79. The van der Waals surface area contributed by atoms with Crippen LogP contribution < -0.4 is 5.73 Å². The molecule has 0 bridgehead atoms. The van der Waals surface area contributed by atoms with Gasteiger partial charge in [0.2, 0.25) is 5.91 Å². The van der Waals surface area contributed by atoms with Crippen molar-refractivity contribution in [3.8, 4) is 0 Å². The number of carbonyl (C=O) groups is 1. The number of nitrogens with zero attached hydrogens (tertiary/aromatic N) is 3. The lowest BCUT2D eigenvalue weighted by Crippen LogP contribution is -2.16. The number of pyridine rings is 1. The van der Waals surface area contributed by atoms with Crippen molar-refractivity contribution in [2.24, 2.45) is 5.73 Å². The Morgan fingerprint density at radius 1 is 1.22 bits per heavy atom. The van der Waals surface area contributed by atoms with Gasteiger partial charge in [-0.05, 0) is 30.7 Å². The number of rotatable bonds is 5. The van der Waals surface area contributed by atoms with Crippen LogP contribution in [0.2, 0.25) is 0 Å². The molecule has 18 heavy (non-hydrogen) atoms. The highest BCUT2D eigenvalue weighted by Crippen LogP contribution is 2.06. The Morgan fingerprint density at radius 3 is 2.72 bits per heavy atom. The van der Waals surface area contributed by atoms with Crippen molar-refractivity contribution in [2.45, 2.75) is 19.3 Å². The molecule has 0 unspecified atom stereocenters. The second-order valence-corrected chi connectivity index (χ2v) is 4.04. The van der Waals surface area contributed by atoms with Crippen molar-refractivity contribution >= 4 is 5.91 Å². The molecule has 2 rings (SSSR count). The molecule has 0 aliphatic rings. The molecule has 0 aromatic carbocycles. The summed E-state index contributed by atoms with van der Waals surface area (Å²) in [6.07, 6.45) is 8.55. The topological polar surface area (TPSA) is 73.8 Å². The van der Waals surface area contributed by atoms with Gasteiger partial charge in [0.05, 0.1) is 0 Å². The van der Waals surface area contributed by atoms with Crippen LogP contribution in [-0.2, 0) is 12.8 Å². The van der Waals surface area contributed by atoms with Crippen LogP contribution in [0, 0.1) is 0 Å². The second kappa shape index (κ2) is 6.07. The van der Waals surface area contributed by atoms with Crippen molar-refractivity contribution in [1.82, 2.24) is 14.5 Å². The predicted molar refractivity (Wildman–Crippen MR) is 68.2 cm³/mol. The van der Waals surface area contributed by atoms with E-state index in [4.69, 9.17) is 5.73 Å². The molecular formula is C13H16N4O. The van der Waals surface area contributed by atoms with E-state index >= 15 is 0 Å². The average molecular weight is 244 g/mol. The van der Waals surface area contributed by atoms with Gasteiger partial charge in [0, 0.05) is 37.1 Å². The third-order valence-corrected chi connectivity index (χ3v) is 2.76. The molecule has 0 fully saturated rings. The maximum atomic E-state index is 12.0. The Bertz CT molecular complexity index is 507. The molecule has 2 heterocycles. The zero-order chi connectivity index (χ0) is 12.8. The number of carbonyl (C=O) groups excluding carboxylic acids is 1. The summed E-state index contributed by atoms with van der Waals surface area (Å²) in [5.74, 6) is 0.0489. The summed E-state index contributed by atoms with van der Waals surface area (Å²) in [5, 5.41) is 0. The van der Waals surface area contributed by atoms with Crippen molar-refractivity contribution < 1.29 is 4.79 Å². The van der Waals surface area contributed by atoms with Crippen molar-refractivity contribution in [3.63, 3.8) is 0 Å². The van der Waals surface area contributed by atoms with Gasteiger partial charge in [-0.3, -0.25) is 14.3 Å². The SMILES string of the molecule is NCCc1cncn1C(=O)CCc1ccncc1. The van der Waals surface area contributed by atoms with Crippen LogP contribution in [0.3, 0.4) is 0 Å². The monoisotopic (exact) mass is 244 g/mol. The second-order valence-electron chi connectivity index (χ2n) is 4.04. The Labute approximate surface area is 106 Å². The van der Waals surface area contributed by atoms with E-state index in [0.29, 0.717) is 25.8 Å². The summed E-state index contributed by atoms with van der Waals surface area (Å²) >= 11 is 0. The van der Waals surface area contributed by atoms with Crippen LogP contribution in [0.25, 0.3) is 0 Å². The molecule has 2 aromatic heterocycles. The van der Waals surface area contributed by atoms with Gasteiger partial charge in [-0.2, -0.15) is 0 Å². The van der Waals surface area contributed by atoms with E-state index in [0.717, 1.165) is 11.3 Å². The standard InChI is InChI=1S/C13H16N4O/c14-6-3-12-9-16-10-17(12)13(18)2-1-11-4-7-15-8-5-11/h4-5,7-10H,1-3,6,14H2. The molecule has 0 aliphatic heterocycles. The van der Waals surface area contributed by atoms with Gasteiger partial charge in [0.1, 0.15) is 6.33 Å². The highest BCUT2D eigenvalue weighted by atomic mass is 16.2. The molecule has 2 N–H and O–H groups in total. The Kier molecular flexibility index (Phi) is 4.20. The molecule has 0 amide bonds. The highest BCUT2D eigenvalue weighted by Gasteiger charge is 2.09. The molecule has 0 radical (unpaired) electrons. The zero-order valence-corrected chi connectivity index (χ0v) is 10.1. The average Bonchev–Trinajstić information content (AvgIpc) is 2.86. The molecule has 0 aliphatic carbocycles. The fourth-order valence-electron chi connectivity index (χ4n) is 1.80. The number of aryl methyl sites for hydroxylation is 1. The van der Waals surface area contributed by atoms with Gasteiger partial charge in [-0.25, -0.2) is 4.98 Å². The first-order chi connectivity index (χ1) is 8.81. The number of hydrogen-bond acceptors (Lipinski definition) is 4. The van der Waals surface area contributed by atoms with Crippen molar-refractivity contribution in [3.05, 3.63) is 48.3 Å². The lowest BCUT2D eigenvalue weighted by molar-refractivity contribution is 0.0900. The van der Waals surface area contributed by atoms with Crippen molar-refractivity contribution in [1.29, 1.82) is 0 Å². The largest absolute Gasteiger partial charge is 0.330 e. The summed E-state index contributed by atoms with van der Waals surface area (Å²) < 4.78 is 1.59. The summed E-state index contributed by atoms with van der Waals surface area (Å²) in [6, 6.07) is 3.84. The van der Waals surface area contributed by atoms with Gasteiger partial charge >= 0.3 is 0 Å². The van der Waals surface area contributed by atoms with Gasteiger partial charge in [-0.1, -0.05) is 0 Å². The minimum absolute atomic E-state index is 0.0489. The first-order valence-corrected chi connectivity index (χ1v) is 5.94.